The molecule has 0 fully saturated rings. The fourth-order valence-electron chi connectivity index (χ4n) is 1.78. The number of fused-ring (bicyclic) bond motifs is 1. The van der Waals surface area contributed by atoms with Crippen LogP contribution in [0, 0.1) is 5.82 Å². The van der Waals surface area contributed by atoms with E-state index < -0.39 is 11.6 Å². The van der Waals surface area contributed by atoms with Crippen LogP contribution < -0.4 is 0 Å². The lowest BCUT2D eigenvalue weighted by Crippen LogP contribution is -2.01. The highest BCUT2D eigenvalue weighted by atomic mass is 35.5. The van der Waals surface area contributed by atoms with Crippen LogP contribution in [0.5, 0.6) is 0 Å². The zero-order chi connectivity index (χ0) is 13.4. The van der Waals surface area contributed by atoms with Crippen molar-refractivity contribution in [3.63, 3.8) is 0 Å². The van der Waals surface area contributed by atoms with Crippen LogP contribution in [-0.4, -0.2) is 10.8 Å². The van der Waals surface area contributed by atoms with Crippen LogP contribution in [0.15, 0.2) is 47.0 Å². The normalized spacial score (nSPS) is 10.8. The van der Waals surface area contributed by atoms with Crippen molar-refractivity contribution in [3.8, 4) is 0 Å². The van der Waals surface area contributed by atoms with Gasteiger partial charge in [-0.3, -0.25) is 9.78 Å². The van der Waals surface area contributed by atoms with Gasteiger partial charge < -0.3 is 4.42 Å². The van der Waals surface area contributed by atoms with E-state index in [0.717, 1.165) is 0 Å². The number of rotatable bonds is 2. The fourth-order valence-corrected chi connectivity index (χ4v) is 1.89. The van der Waals surface area contributed by atoms with E-state index in [1.807, 2.05) is 0 Å². The SMILES string of the molecule is O=C(c1ccc(Cl)cn1)c1cc2cccc(F)c2o1. The van der Waals surface area contributed by atoms with E-state index in [1.165, 1.54) is 24.4 Å². The van der Waals surface area contributed by atoms with Gasteiger partial charge in [-0.1, -0.05) is 23.7 Å². The van der Waals surface area contributed by atoms with E-state index in [9.17, 15) is 9.18 Å². The molecule has 3 aromatic rings. The number of para-hydroxylation sites is 1. The van der Waals surface area contributed by atoms with Crippen molar-refractivity contribution in [2.24, 2.45) is 0 Å². The van der Waals surface area contributed by atoms with Crippen LogP contribution in [0.25, 0.3) is 11.0 Å². The zero-order valence-electron chi connectivity index (χ0n) is 9.56. The van der Waals surface area contributed by atoms with Crippen molar-refractivity contribution >= 4 is 28.4 Å². The second-order valence-electron chi connectivity index (χ2n) is 3.96. The molecule has 0 saturated heterocycles. The molecular weight excluding hydrogens is 269 g/mol. The lowest BCUT2D eigenvalue weighted by atomic mass is 10.2. The van der Waals surface area contributed by atoms with E-state index in [2.05, 4.69) is 4.98 Å². The molecule has 0 aliphatic rings. The van der Waals surface area contributed by atoms with Crippen molar-refractivity contribution in [2.75, 3.05) is 0 Å². The highest BCUT2D eigenvalue weighted by molar-refractivity contribution is 6.30. The average Bonchev–Trinajstić information content (AvgIpc) is 2.84. The van der Waals surface area contributed by atoms with Crippen molar-refractivity contribution in [1.82, 2.24) is 4.98 Å². The summed E-state index contributed by atoms with van der Waals surface area (Å²) in [6, 6.07) is 9.06. The number of furan rings is 1. The number of ketones is 1. The monoisotopic (exact) mass is 275 g/mol. The Hall–Kier alpha value is -2.20. The van der Waals surface area contributed by atoms with Gasteiger partial charge in [0.15, 0.2) is 17.2 Å². The smallest absolute Gasteiger partial charge is 0.246 e. The third kappa shape index (κ3) is 2.11. The third-order valence-electron chi connectivity index (χ3n) is 2.68. The van der Waals surface area contributed by atoms with E-state index in [-0.39, 0.29) is 17.0 Å². The molecule has 3 rings (SSSR count). The Morgan fingerprint density at radius 2 is 2.11 bits per heavy atom. The highest BCUT2D eigenvalue weighted by Crippen LogP contribution is 2.23. The molecule has 2 aromatic heterocycles. The summed E-state index contributed by atoms with van der Waals surface area (Å²) in [5.41, 5.74) is 0.267. The van der Waals surface area contributed by atoms with Crippen LogP contribution in [0.3, 0.4) is 0 Å². The first kappa shape index (κ1) is 11.9. The Bertz CT molecular complexity index is 765. The molecule has 2 heterocycles. The highest BCUT2D eigenvalue weighted by Gasteiger charge is 2.17. The first-order chi connectivity index (χ1) is 9.15. The quantitative estimate of drug-likeness (QED) is 0.667. The summed E-state index contributed by atoms with van der Waals surface area (Å²) in [6.45, 7) is 0. The van der Waals surface area contributed by atoms with Crippen molar-refractivity contribution < 1.29 is 13.6 Å². The molecule has 0 aliphatic heterocycles. The van der Waals surface area contributed by atoms with Gasteiger partial charge in [0.2, 0.25) is 5.78 Å². The molecule has 1 aromatic carbocycles. The molecule has 0 bridgehead atoms. The molecule has 19 heavy (non-hydrogen) atoms. The Balaban J connectivity index is 2.06. The number of benzene rings is 1. The van der Waals surface area contributed by atoms with E-state index >= 15 is 0 Å². The van der Waals surface area contributed by atoms with Gasteiger partial charge in [0.05, 0.1) is 5.02 Å². The van der Waals surface area contributed by atoms with Gasteiger partial charge >= 0.3 is 0 Å². The molecule has 3 nitrogen and oxygen atoms in total. The second-order valence-corrected chi connectivity index (χ2v) is 4.40. The zero-order valence-corrected chi connectivity index (χ0v) is 10.3. The lowest BCUT2D eigenvalue weighted by molar-refractivity contribution is 0.101. The Morgan fingerprint density at radius 1 is 1.26 bits per heavy atom. The summed E-state index contributed by atoms with van der Waals surface area (Å²) in [4.78, 5) is 16.0. The maximum absolute atomic E-state index is 13.5. The van der Waals surface area contributed by atoms with Crippen LogP contribution >= 0.6 is 11.6 Å². The van der Waals surface area contributed by atoms with Crippen LogP contribution in [0.2, 0.25) is 5.02 Å². The molecule has 0 unspecified atom stereocenters. The van der Waals surface area contributed by atoms with Crippen molar-refractivity contribution in [3.05, 3.63) is 64.9 Å². The number of halogens is 2. The molecular formula is C14H7ClFNO2. The maximum Gasteiger partial charge on any atom is 0.246 e. The third-order valence-corrected chi connectivity index (χ3v) is 2.90. The Kier molecular flexibility index (Phi) is 2.80. The second kappa shape index (κ2) is 4.48. The molecule has 0 aliphatic carbocycles. The molecule has 0 atom stereocenters. The predicted octanol–water partition coefficient (Wildman–Crippen LogP) is 3.85. The number of aromatic nitrogens is 1. The van der Waals surface area contributed by atoms with Gasteiger partial charge in [-0.25, -0.2) is 4.39 Å². The van der Waals surface area contributed by atoms with Crippen LogP contribution in [0.4, 0.5) is 4.39 Å². The van der Waals surface area contributed by atoms with Gasteiger partial charge in [-0.05, 0) is 24.3 Å². The maximum atomic E-state index is 13.5. The summed E-state index contributed by atoms with van der Waals surface area (Å²) in [5, 5.41) is 0.976. The average molecular weight is 276 g/mol. The standard InChI is InChI=1S/C14H7ClFNO2/c15-9-4-5-11(17-7-9)13(18)12-6-8-2-1-3-10(16)14(8)19-12/h1-7H. The number of hydrogen-bond donors (Lipinski definition) is 0. The minimum Gasteiger partial charge on any atom is -0.449 e. The van der Waals surface area contributed by atoms with Gasteiger partial charge in [0.25, 0.3) is 0 Å². The van der Waals surface area contributed by atoms with Crippen molar-refractivity contribution in [2.45, 2.75) is 0 Å². The molecule has 0 spiro atoms. The van der Waals surface area contributed by atoms with Gasteiger partial charge in [0, 0.05) is 11.6 Å². The summed E-state index contributed by atoms with van der Waals surface area (Å²) >= 11 is 5.70. The van der Waals surface area contributed by atoms with Crippen LogP contribution in [0.1, 0.15) is 16.2 Å². The Morgan fingerprint density at radius 3 is 2.79 bits per heavy atom. The number of nitrogens with zero attached hydrogens (tertiary/aromatic N) is 1. The number of carbonyl (C=O) groups is 1. The topological polar surface area (TPSA) is 43.1 Å². The van der Waals surface area contributed by atoms with E-state index in [0.29, 0.717) is 10.4 Å². The van der Waals surface area contributed by atoms with Crippen molar-refractivity contribution in [1.29, 1.82) is 0 Å². The molecule has 5 heteroatoms. The van der Waals surface area contributed by atoms with E-state index in [4.69, 9.17) is 16.0 Å². The predicted molar refractivity (Wildman–Crippen MR) is 68.9 cm³/mol. The van der Waals surface area contributed by atoms with E-state index in [1.54, 1.807) is 18.2 Å². The number of hydrogen-bond acceptors (Lipinski definition) is 3. The summed E-state index contributed by atoms with van der Waals surface area (Å²) in [7, 11) is 0. The lowest BCUT2D eigenvalue weighted by Gasteiger charge is -1.96. The first-order valence-corrected chi connectivity index (χ1v) is 5.87. The molecule has 0 N–H and O–H groups in total. The van der Waals surface area contributed by atoms with Gasteiger partial charge in [0.1, 0.15) is 5.69 Å². The Labute approximate surface area is 112 Å². The summed E-state index contributed by atoms with van der Waals surface area (Å²) < 4.78 is 18.7. The molecule has 0 amide bonds. The molecule has 0 radical (unpaired) electrons. The minimum absolute atomic E-state index is 0.0509. The fraction of sp³-hybridized carbons (Fsp3) is 0. The van der Waals surface area contributed by atoms with Crippen LogP contribution in [-0.2, 0) is 0 Å². The number of carbonyl (C=O) groups excluding carboxylic acids is 1. The minimum atomic E-state index is -0.499. The number of pyridine rings is 1. The van der Waals surface area contributed by atoms with Gasteiger partial charge in [-0.2, -0.15) is 0 Å². The van der Waals surface area contributed by atoms with Gasteiger partial charge in [-0.15, -0.1) is 0 Å². The molecule has 94 valence electrons. The largest absolute Gasteiger partial charge is 0.449 e. The molecule has 0 saturated carbocycles. The summed E-state index contributed by atoms with van der Waals surface area (Å²) in [6.07, 6.45) is 1.37. The first-order valence-electron chi connectivity index (χ1n) is 5.49. The summed E-state index contributed by atoms with van der Waals surface area (Å²) in [5.74, 6) is -0.859.